The zero-order valence-corrected chi connectivity index (χ0v) is 12.2. The number of hydrogen-bond acceptors (Lipinski definition) is 3. The molecule has 1 rings (SSSR count). The molecule has 0 aromatic heterocycles. The van der Waals surface area contributed by atoms with Crippen LogP contribution in [0.25, 0.3) is 0 Å². The van der Waals surface area contributed by atoms with Gasteiger partial charge in [-0.15, -0.1) is 11.8 Å². The summed E-state index contributed by atoms with van der Waals surface area (Å²) in [7, 11) is 0. The van der Waals surface area contributed by atoms with Crippen LogP contribution in [0.3, 0.4) is 0 Å². The second-order valence-electron chi connectivity index (χ2n) is 4.77. The lowest BCUT2D eigenvalue weighted by Gasteiger charge is -2.30. The van der Waals surface area contributed by atoms with Crippen LogP contribution in [0.1, 0.15) is 27.7 Å². The Morgan fingerprint density at radius 1 is 1.17 bits per heavy atom. The molecule has 100 valence electrons. The Morgan fingerprint density at radius 2 is 1.67 bits per heavy atom. The first-order chi connectivity index (χ1) is 8.41. The van der Waals surface area contributed by atoms with E-state index in [4.69, 9.17) is 0 Å². The van der Waals surface area contributed by atoms with Gasteiger partial charge in [-0.05, 0) is 52.0 Å². The molecule has 0 atom stereocenters. The molecule has 0 aliphatic rings. The van der Waals surface area contributed by atoms with E-state index in [1.807, 2.05) is 44.7 Å². The predicted octanol–water partition coefficient (Wildman–Crippen LogP) is 3.13. The quantitative estimate of drug-likeness (QED) is 0.833. The number of nitrogens with zero attached hydrogens (tertiary/aromatic N) is 1. The Morgan fingerprint density at radius 3 is 2.11 bits per heavy atom. The van der Waals surface area contributed by atoms with Crippen LogP contribution in [-0.2, 0) is 4.79 Å². The molecular formula is C14H21NO2S. The van der Waals surface area contributed by atoms with Crippen molar-refractivity contribution in [2.75, 3.05) is 5.75 Å². The Kier molecular flexibility index (Phi) is 5.54. The van der Waals surface area contributed by atoms with Crippen molar-refractivity contribution in [1.82, 2.24) is 4.90 Å². The molecule has 0 spiro atoms. The van der Waals surface area contributed by atoms with Gasteiger partial charge >= 0.3 is 0 Å². The Hall–Kier alpha value is -1.16. The van der Waals surface area contributed by atoms with Gasteiger partial charge in [0.2, 0.25) is 5.91 Å². The minimum Gasteiger partial charge on any atom is -0.508 e. The van der Waals surface area contributed by atoms with E-state index in [1.54, 1.807) is 12.1 Å². The average molecular weight is 267 g/mol. The van der Waals surface area contributed by atoms with Crippen molar-refractivity contribution in [1.29, 1.82) is 0 Å². The summed E-state index contributed by atoms with van der Waals surface area (Å²) >= 11 is 1.50. The summed E-state index contributed by atoms with van der Waals surface area (Å²) in [5, 5.41) is 9.18. The molecule has 0 heterocycles. The van der Waals surface area contributed by atoms with Crippen LogP contribution in [0.5, 0.6) is 5.75 Å². The summed E-state index contributed by atoms with van der Waals surface area (Å²) in [4.78, 5) is 15.0. The molecule has 0 aliphatic heterocycles. The van der Waals surface area contributed by atoms with Gasteiger partial charge in [0, 0.05) is 17.0 Å². The molecule has 1 aromatic carbocycles. The monoisotopic (exact) mass is 267 g/mol. The molecule has 18 heavy (non-hydrogen) atoms. The zero-order chi connectivity index (χ0) is 13.7. The first-order valence-electron chi connectivity index (χ1n) is 6.14. The van der Waals surface area contributed by atoms with Gasteiger partial charge < -0.3 is 10.0 Å². The molecule has 0 bridgehead atoms. The van der Waals surface area contributed by atoms with Crippen molar-refractivity contribution in [2.45, 2.75) is 44.7 Å². The first-order valence-corrected chi connectivity index (χ1v) is 7.13. The van der Waals surface area contributed by atoms with E-state index in [-0.39, 0.29) is 23.7 Å². The minimum absolute atomic E-state index is 0.151. The Bertz CT molecular complexity index is 379. The van der Waals surface area contributed by atoms with Gasteiger partial charge in [-0.2, -0.15) is 0 Å². The van der Waals surface area contributed by atoms with Gasteiger partial charge in [-0.25, -0.2) is 0 Å². The molecule has 3 nitrogen and oxygen atoms in total. The molecule has 0 unspecified atom stereocenters. The minimum atomic E-state index is 0.151. The summed E-state index contributed by atoms with van der Waals surface area (Å²) in [5.74, 6) is 0.830. The van der Waals surface area contributed by atoms with Crippen LogP contribution in [-0.4, -0.2) is 33.8 Å². The highest BCUT2D eigenvalue weighted by molar-refractivity contribution is 8.00. The third-order valence-electron chi connectivity index (χ3n) is 2.60. The highest BCUT2D eigenvalue weighted by Crippen LogP contribution is 2.21. The van der Waals surface area contributed by atoms with Gasteiger partial charge in [0.1, 0.15) is 5.75 Å². The van der Waals surface area contributed by atoms with Gasteiger partial charge in [-0.3, -0.25) is 4.79 Å². The van der Waals surface area contributed by atoms with E-state index in [1.165, 1.54) is 11.8 Å². The van der Waals surface area contributed by atoms with Crippen LogP contribution >= 0.6 is 11.8 Å². The number of benzene rings is 1. The van der Waals surface area contributed by atoms with Gasteiger partial charge in [0.05, 0.1) is 5.75 Å². The highest BCUT2D eigenvalue weighted by atomic mass is 32.2. The fourth-order valence-corrected chi connectivity index (χ4v) is 2.70. The molecule has 0 saturated carbocycles. The number of thioether (sulfide) groups is 1. The van der Waals surface area contributed by atoms with Crippen LogP contribution < -0.4 is 0 Å². The van der Waals surface area contributed by atoms with E-state index in [2.05, 4.69) is 0 Å². The van der Waals surface area contributed by atoms with Crippen LogP contribution in [0.15, 0.2) is 29.2 Å². The molecule has 0 aliphatic carbocycles. The smallest absolute Gasteiger partial charge is 0.233 e. The standard InChI is InChI=1S/C14H21NO2S/c1-10(2)15(11(3)4)14(17)9-18-13-7-5-12(16)6-8-13/h5-8,10-11,16H,9H2,1-4H3. The van der Waals surface area contributed by atoms with Crippen molar-refractivity contribution in [3.8, 4) is 5.75 Å². The predicted molar refractivity (Wildman–Crippen MR) is 75.9 cm³/mol. The van der Waals surface area contributed by atoms with Gasteiger partial charge in [0.15, 0.2) is 0 Å². The fourth-order valence-electron chi connectivity index (χ4n) is 1.93. The van der Waals surface area contributed by atoms with Crippen molar-refractivity contribution in [3.05, 3.63) is 24.3 Å². The molecule has 1 aromatic rings. The van der Waals surface area contributed by atoms with Gasteiger partial charge in [0.25, 0.3) is 0 Å². The van der Waals surface area contributed by atoms with E-state index in [0.717, 1.165) is 4.90 Å². The van der Waals surface area contributed by atoms with Crippen LogP contribution in [0.2, 0.25) is 0 Å². The molecular weight excluding hydrogens is 246 g/mol. The lowest BCUT2D eigenvalue weighted by Crippen LogP contribution is -2.43. The van der Waals surface area contributed by atoms with Crippen LogP contribution in [0, 0.1) is 0 Å². The fraction of sp³-hybridized carbons (Fsp3) is 0.500. The maximum Gasteiger partial charge on any atom is 0.233 e. The SMILES string of the molecule is CC(C)N(C(=O)CSc1ccc(O)cc1)C(C)C. The van der Waals surface area contributed by atoms with Crippen molar-refractivity contribution in [2.24, 2.45) is 0 Å². The van der Waals surface area contributed by atoms with E-state index >= 15 is 0 Å². The number of phenolic OH excluding ortho intramolecular Hbond substituents is 1. The number of phenols is 1. The molecule has 1 amide bonds. The Balaban J connectivity index is 2.57. The lowest BCUT2D eigenvalue weighted by molar-refractivity contribution is -0.131. The molecule has 1 N–H and O–H groups in total. The third-order valence-corrected chi connectivity index (χ3v) is 3.60. The second kappa shape index (κ2) is 6.69. The summed E-state index contributed by atoms with van der Waals surface area (Å²) < 4.78 is 0. The molecule has 0 radical (unpaired) electrons. The topological polar surface area (TPSA) is 40.5 Å². The molecule has 4 heteroatoms. The largest absolute Gasteiger partial charge is 0.508 e. The van der Waals surface area contributed by atoms with Crippen molar-refractivity contribution in [3.63, 3.8) is 0 Å². The second-order valence-corrected chi connectivity index (χ2v) is 5.82. The summed E-state index contributed by atoms with van der Waals surface area (Å²) in [6, 6.07) is 7.35. The third kappa shape index (κ3) is 4.26. The number of carbonyl (C=O) groups excluding carboxylic acids is 1. The maximum atomic E-state index is 12.1. The zero-order valence-electron chi connectivity index (χ0n) is 11.4. The van der Waals surface area contributed by atoms with Crippen LogP contribution in [0.4, 0.5) is 0 Å². The number of rotatable bonds is 5. The summed E-state index contributed by atoms with van der Waals surface area (Å²) in [5.41, 5.74) is 0. The number of carbonyl (C=O) groups is 1. The van der Waals surface area contributed by atoms with Crippen molar-refractivity contribution >= 4 is 17.7 Å². The van der Waals surface area contributed by atoms with E-state index in [9.17, 15) is 9.90 Å². The van der Waals surface area contributed by atoms with E-state index in [0.29, 0.717) is 5.75 Å². The normalized spacial score (nSPS) is 11.0. The van der Waals surface area contributed by atoms with Gasteiger partial charge in [-0.1, -0.05) is 0 Å². The van der Waals surface area contributed by atoms with E-state index < -0.39 is 0 Å². The highest BCUT2D eigenvalue weighted by Gasteiger charge is 2.19. The summed E-state index contributed by atoms with van der Waals surface area (Å²) in [6.07, 6.45) is 0. The lowest BCUT2D eigenvalue weighted by atomic mass is 10.2. The average Bonchev–Trinajstić information content (AvgIpc) is 2.27. The number of aromatic hydroxyl groups is 1. The van der Waals surface area contributed by atoms with Crippen molar-refractivity contribution < 1.29 is 9.90 Å². The maximum absolute atomic E-state index is 12.1. The number of amides is 1. The first kappa shape index (κ1) is 14.9. The molecule has 0 saturated heterocycles. The molecule has 0 fully saturated rings. The summed E-state index contributed by atoms with van der Waals surface area (Å²) in [6.45, 7) is 8.12. The Labute approximate surface area is 113 Å². The number of hydrogen-bond donors (Lipinski definition) is 1.